The molecule has 0 aliphatic carbocycles. The van der Waals surface area contributed by atoms with Gasteiger partial charge in [0, 0.05) is 10.2 Å². The molecule has 1 unspecified atom stereocenters. The Bertz CT molecular complexity index is 567. The maximum atomic E-state index is 11.9. The molecular weight excluding hydrogens is 357 g/mol. The van der Waals surface area contributed by atoms with Crippen molar-refractivity contribution in [3.8, 4) is 6.07 Å². The van der Waals surface area contributed by atoms with E-state index in [1.165, 1.54) is 18.2 Å². The molecule has 0 aliphatic rings. The van der Waals surface area contributed by atoms with Gasteiger partial charge < -0.3 is 10.1 Å². The fourth-order valence-electron chi connectivity index (χ4n) is 1.20. The number of ether oxygens (including phenoxy) is 1. The molecule has 0 aliphatic heterocycles. The van der Waals surface area contributed by atoms with Gasteiger partial charge in [0.15, 0.2) is 6.61 Å². The number of rotatable bonds is 4. The molecule has 1 aromatic rings. The SMILES string of the molecule is N#CC(C(=O)Nc1ccc(Br)cc1)C(=O)OCC(F)(F)F. The van der Waals surface area contributed by atoms with Gasteiger partial charge in [0.1, 0.15) is 0 Å². The summed E-state index contributed by atoms with van der Waals surface area (Å²) in [5.41, 5.74) is 0.284. The van der Waals surface area contributed by atoms with Crippen LogP contribution < -0.4 is 5.32 Å². The monoisotopic (exact) mass is 364 g/mol. The van der Waals surface area contributed by atoms with E-state index in [4.69, 9.17) is 5.26 Å². The number of alkyl halides is 3. The van der Waals surface area contributed by atoms with E-state index in [1.54, 1.807) is 12.1 Å². The van der Waals surface area contributed by atoms with Crippen molar-refractivity contribution in [2.75, 3.05) is 11.9 Å². The molecule has 9 heteroatoms. The lowest BCUT2D eigenvalue weighted by molar-refractivity contribution is -0.188. The topological polar surface area (TPSA) is 79.2 Å². The first kappa shape index (κ1) is 17.0. The number of hydrogen-bond acceptors (Lipinski definition) is 4. The van der Waals surface area contributed by atoms with Crippen LogP contribution in [0.4, 0.5) is 18.9 Å². The first-order valence-corrected chi connectivity index (χ1v) is 6.21. The molecule has 0 saturated heterocycles. The zero-order chi connectivity index (χ0) is 16.0. The Labute approximate surface area is 125 Å². The normalized spacial score (nSPS) is 12.1. The molecule has 1 atom stereocenters. The van der Waals surface area contributed by atoms with E-state index in [0.717, 1.165) is 4.47 Å². The van der Waals surface area contributed by atoms with Gasteiger partial charge in [-0.2, -0.15) is 18.4 Å². The molecule has 0 radical (unpaired) electrons. The lowest BCUT2D eigenvalue weighted by atomic mass is 10.1. The van der Waals surface area contributed by atoms with Crippen LogP contribution in [0.2, 0.25) is 0 Å². The van der Waals surface area contributed by atoms with Crippen LogP contribution in [0.1, 0.15) is 0 Å². The molecule has 0 aromatic heterocycles. The van der Waals surface area contributed by atoms with Crippen molar-refractivity contribution < 1.29 is 27.5 Å². The van der Waals surface area contributed by atoms with E-state index in [-0.39, 0.29) is 5.69 Å². The fraction of sp³-hybridized carbons (Fsp3) is 0.250. The highest BCUT2D eigenvalue weighted by atomic mass is 79.9. The maximum absolute atomic E-state index is 11.9. The number of benzene rings is 1. The van der Waals surface area contributed by atoms with Gasteiger partial charge in [0.25, 0.3) is 5.91 Å². The number of nitrogens with zero attached hydrogens (tertiary/aromatic N) is 1. The first-order valence-electron chi connectivity index (χ1n) is 5.42. The van der Waals surface area contributed by atoms with E-state index >= 15 is 0 Å². The lowest BCUT2D eigenvalue weighted by Crippen LogP contribution is -2.32. The second-order valence-corrected chi connectivity index (χ2v) is 4.70. The number of carbonyl (C=O) groups excluding carboxylic acids is 2. The average molecular weight is 365 g/mol. The van der Waals surface area contributed by atoms with Gasteiger partial charge in [-0.3, -0.25) is 9.59 Å². The largest absolute Gasteiger partial charge is 0.455 e. The number of halogens is 4. The number of nitriles is 1. The minimum absolute atomic E-state index is 0.284. The Kier molecular flexibility index (Phi) is 5.72. The lowest BCUT2D eigenvalue weighted by Gasteiger charge is -2.11. The molecule has 0 spiro atoms. The summed E-state index contributed by atoms with van der Waals surface area (Å²) < 4.78 is 40.3. The van der Waals surface area contributed by atoms with Crippen molar-refractivity contribution >= 4 is 33.5 Å². The minimum atomic E-state index is -4.72. The third-order valence-electron chi connectivity index (χ3n) is 2.12. The zero-order valence-corrected chi connectivity index (χ0v) is 11.9. The third-order valence-corrected chi connectivity index (χ3v) is 2.65. The van der Waals surface area contributed by atoms with E-state index in [2.05, 4.69) is 26.0 Å². The van der Waals surface area contributed by atoms with Crippen molar-refractivity contribution in [1.82, 2.24) is 0 Å². The van der Waals surface area contributed by atoms with Crippen LogP contribution in [-0.4, -0.2) is 24.7 Å². The Balaban J connectivity index is 2.67. The smallest absolute Gasteiger partial charge is 0.422 e. The average Bonchev–Trinajstić information content (AvgIpc) is 2.39. The van der Waals surface area contributed by atoms with Gasteiger partial charge in [-0.25, -0.2) is 0 Å². The van der Waals surface area contributed by atoms with Crippen LogP contribution in [0.3, 0.4) is 0 Å². The van der Waals surface area contributed by atoms with Gasteiger partial charge in [-0.15, -0.1) is 0 Å². The Morgan fingerprint density at radius 3 is 2.38 bits per heavy atom. The Morgan fingerprint density at radius 1 is 1.33 bits per heavy atom. The maximum Gasteiger partial charge on any atom is 0.422 e. The first-order chi connectivity index (χ1) is 9.73. The van der Waals surface area contributed by atoms with Crippen LogP contribution in [0.25, 0.3) is 0 Å². The van der Waals surface area contributed by atoms with E-state index in [1.807, 2.05) is 0 Å². The number of hydrogen-bond donors (Lipinski definition) is 1. The van der Waals surface area contributed by atoms with Crippen LogP contribution >= 0.6 is 15.9 Å². The molecule has 21 heavy (non-hydrogen) atoms. The molecule has 112 valence electrons. The molecule has 0 bridgehead atoms. The van der Waals surface area contributed by atoms with Crippen molar-refractivity contribution in [2.45, 2.75) is 6.18 Å². The zero-order valence-electron chi connectivity index (χ0n) is 10.3. The molecule has 0 saturated carbocycles. The summed E-state index contributed by atoms with van der Waals surface area (Å²) in [7, 11) is 0. The fourth-order valence-corrected chi connectivity index (χ4v) is 1.47. The van der Waals surface area contributed by atoms with Gasteiger partial charge in [-0.1, -0.05) is 15.9 Å². The van der Waals surface area contributed by atoms with Gasteiger partial charge in [0.05, 0.1) is 6.07 Å². The van der Waals surface area contributed by atoms with Crippen molar-refractivity contribution in [2.24, 2.45) is 5.92 Å². The summed E-state index contributed by atoms with van der Waals surface area (Å²) in [6, 6.07) is 7.47. The van der Waals surface area contributed by atoms with E-state index in [9.17, 15) is 22.8 Å². The highest BCUT2D eigenvalue weighted by Gasteiger charge is 2.34. The molecule has 1 rings (SSSR count). The third kappa shape index (κ3) is 5.83. The molecule has 0 heterocycles. The predicted octanol–water partition coefficient (Wildman–Crippen LogP) is 2.63. The second kappa shape index (κ2) is 7.08. The van der Waals surface area contributed by atoms with Crippen molar-refractivity contribution in [3.05, 3.63) is 28.7 Å². The van der Waals surface area contributed by atoms with Crippen LogP contribution in [0.15, 0.2) is 28.7 Å². The molecule has 5 nitrogen and oxygen atoms in total. The van der Waals surface area contributed by atoms with Crippen LogP contribution in [0.5, 0.6) is 0 Å². The highest BCUT2D eigenvalue weighted by Crippen LogP contribution is 2.17. The summed E-state index contributed by atoms with van der Waals surface area (Å²) in [6.07, 6.45) is -4.72. The van der Waals surface area contributed by atoms with Crippen LogP contribution in [0, 0.1) is 17.2 Å². The Hall–Kier alpha value is -2.08. The number of anilines is 1. The van der Waals surface area contributed by atoms with E-state index in [0.29, 0.717) is 0 Å². The summed E-state index contributed by atoms with van der Waals surface area (Å²) >= 11 is 3.17. The van der Waals surface area contributed by atoms with Gasteiger partial charge >= 0.3 is 12.1 Å². The molecular formula is C12H8BrF3N2O3. The molecule has 1 N–H and O–H groups in total. The summed E-state index contributed by atoms with van der Waals surface area (Å²) in [4.78, 5) is 23.0. The number of nitrogens with one attached hydrogen (secondary N) is 1. The minimum Gasteiger partial charge on any atom is -0.455 e. The number of carbonyl (C=O) groups is 2. The predicted molar refractivity (Wildman–Crippen MR) is 68.9 cm³/mol. The summed E-state index contributed by atoms with van der Waals surface area (Å²) in [5.74, 6) is -4.59. The Morgan fingerprint density at radius 2 is 1.90 bits per heavy atom. The quantitative estimate of drug-likeness (QED) is 0.657. The van der Waals surface area contributed by atoms with Gasteiger partial charge in [0.2, 0.25) is 5.92 Å². The number of amides is 1. The van der Waals surface area contributed by atoms with Crippen molar-refractivity contribution in [1.29, 1.82) is 5.26 Å². The molecule has 1 amide bonds. The van der Waals surface area contributed by atoms with Gasteiger partial charge in [-0.05, 0) is 24.3 Å². The number of esters is 1. The van der Waals surface area contributed by atoms with Crippen molar-refractivity contribution in [3.63, 3.8) is 0 Å². The van der Waals surface area contributed by atoms with E-state index < -0.39 is 30.6 Å². The highest BCUT2D eigenvalue weighted by molar-refractivity contribution is 9.10. The summed E-state index contributed by atoms with van der Waals surface area (Å²) in [5, 5.41) is 11.0. The molecule has 0 fully saturated rings. The standard InChI is InChI=1S/C12H8BrF3N2O3/c13-7-1-3-8(4-2-7)18-10(19)9(5-17)11(20)21-6-12(14,15)16/h1-4,9H,6H2,(H,18,19). The summed E-state index contributed by atoms with van der Waals surface area (Å²) in [6.45, 7) is -1.85. The molecule has 1 aromatic carbocycles. The van der Waals surface area contributed by atoms with Crippen LogP contribution in [-0.2, 0) is 14.3 Å². The second-order valence-electron chi connectivity index (χ2n) is 3.78.